The predicted molar refractivity (Wildman–Crippen MR) is 86.0 cm³/mol. The third kappa shape index (κ3) is 4.95. The largest absolute Gasteiger partial charge is 0.354 e. The van der Waals surface area contributed by atoms with Crippen molar-refractivity contribution in [1.29, 1.82) is 0 Å². The fourth-order valence-electron chi connectivity index (χ4n) is 2.63. The Balaban J connectivity index is 2.55. The van der Waals surface area contributed by atoms with E-state index in [0.717, 1.165) is 25.9 Å². The van der Waals surface area contributed by atoms with Crippen LogP contribution in [-0.4, -0.2) is 55.4 Å². The highest BCUT2D eigenvalue weighted by Gasteiger charge is 2.32. The Bertz CT molecular complexity index is 446. The van der Waals surface area contributed by atoms with Gasteiger partial charge in [-0.05, 0) is 52.6 Å². The van der Waals surface area contributed by atoms with Crippen LogP contribution in [0.4, 0.5) is 0 Å². The summed E-state index contributed by atoms with van der Waals surface area (Å²) in [4.78, 5) is 14.6. The number of carbonyl (C=O) groups is 1. The maximum Gasteiger partial charge on any atom is 0.237 e. The van der Waals surface area contributed by atoms with E-state index >= 15 is 0 Å². The van der Waals surface area contributed by atoms with Crippen LogP contribution in [0.15, 0.2) is 0 Å². The third-order valence-corrected chi connectivity index (χ3v) is 6.64. The topological polar surface area (TPSA) is 66.5 Å². The van der Waals surface area contributed by atoms with Gasteiger partial charge in [0.25, 0.3) is 0 Å². The maximum absolute atomic E-state index is 12.4. The molecule has 1 rings (SSSR count). The standard InChI is InChI=1S/C15H30N2O3S/c1-12(2)13(17-9-6-7-10-17)14(18)16-8-11-21(19,20)15(3,4)5/h12-13H,6-11H2,1-5H3,(H,16,18). The lowest BCUT2D eigenvalue weighted by Crippen LogP contribution is -2.50. The van der Waals surface area contributed by atoms with Gasteiger partial charge in [-0.2, -0.15) is 0 Å². The van der Waals surface area contributed by atoms with E-state index < -0.39 is 14.6 Å². The zero-order chi connectivity index (χ0) is 16.3. The summed E-state index contributed by atoms with van der Waals surface area (Å²) in [7, 11) is -3.19. The SMILES string of the molecule is CC(C)C(C(=O)NCCS(=O)(=O)C(C)(C)C)N1CCCC1. The second kappa shape index (κ2) is 7.09. The summed E-state index contributed by atoms with van der Waals surface area (Å²) in [6, 6.07) is -0.148. The van der Waals surface area contributed by atoms with Crippen LogP contribution in [0.1, 0.15) is 47.5 Å². The summed E-state index contributed by atoms with van der Waals surface area (Å²) in [5.41, 5.74) is 0. The van der Waals surface area contributed by atoms with Gasteiger partial charge in [-0.15, -0.1) is 0 Å². The minimum Gasteiger partial charge on any atom is -0.354 e. The first kappa shape index (κ1) is 18.4. The fraction of sp³-hybridized carbons (Fsp3) is 0.933. The molecule has 0 saturated carbocycles. The molecular weight excluding hydrogens is 288 g/mol. The maximum atomic E-state index is 12.4. The van der Waals surface area contributed by atoms with E-state index in [4.69, 9.17) is 0 Å². The van der Waals surface area contributed by atoms with Gasteiger partial charge >= 0.3 is 0 Å². The quantitative estimate of drug-likeness (QED) is 0.805. The van der Waals surface area contributed by atoms with Crippen molar-refractivity contribution in [2.45, 2.75) is 58.2 Å². The van der Waals surface area contributed by atoms with Gasteiger partial charge < -0.3 is 5.32 Å². The molecule has 1 amide bonds. The average molecular weight is 318 g/mol. The van der Waals surface area contributed by atoms with Gasteiger partial charge in [0.2, 0.25) is 5.91 Å². The van der Waals surface area contributed by atoms with Gasteiger partial charge in [-0.3, -0.25) is 9.69 Å². The number of nitrogens with zero attached hydrogens (tertiary/aromatic N) is 1. The minimum atomic E-state index is -3.19. The van der Waals surface area contributed by atoms with E-state index in [0.29, 0.717) is 0 Å². The van der Waals surface area contributed by atoms with E-state index in [9.17, 15) is 13.2 Å². The third-order valence-electron chi connectivity index (χ3n) is 4.04. The number of likely N-dealkylation sites (tertiary alicyclic amines) is 1. The number of hydrogen-bond acceptors (Lipinski definition) is 4. The molecule has 6 heteroatoms. The molecule has 0 aliphatic carbocycles. The number of nitrogens with one attached hydrogen (secondary N) is 1. The van der Waals surface area contributed by atoms with Crippen molar-refractivity contribution in [3.8, 4) is 0 Å². The van der Waals surface area contributed by atoms with Gasteiger partial charge in [0, 0.05) is 6.54 Å². The molecule has 1 saturated heterocycles. The van der Waals surface area contributed by atoms with E-state index in [2.05, 4.69) is 10.2 Å². The molecule has 124 valence electrons. The van der Waals surface area contributed by atoms with Crippen LogP contribution in [-0.2, 0) is 14.6 Å². The number of amides is 1. The molecule has 1 unspecified atom stereocenters. The molecule has 0 bridgehead atoms. The molecule has 21 heavy (non-hydrogen) atoms. The summed E-state index contributed by atoms with van der Waals surface area (Å²) in [6.07, 6.45) is 2.27. The monoisotopic (exact) mass is 318 g/mol. The van der Waals surface area contributed by atoms with Crippen LogP contribution in [0.3, 0.4) is 0 Å². The first-order valence-corrected chi connectivity index (χ1v) is 9.45. The zero-order valence-electron chi connectivity index (χ0n) is 14.0. The predicted octanol–water partition coefficient (Wildman–Crippen LogP) is 1.44. The van der Waals surface area contributed by atoms with Gasteiger partial charge in [0.05, 0.1) is 16.5 Å². The summed E-state index contributed by atoms with van der Waals surface area (Å²) >= 11 is 0. The molecule has 1 N–H and O–H groups in total. The summed E-state index contributed by atoms with van der Waals surface area (Å²) in [5.74, 6) is 0.172. The van der Waals surface area contributed by atoms with Crippen LogP contribution >= 0.6 is 0 Å². The second-order valence-corrected chi connectivity index (χ2v) is 10.0. The molecule has 1 atom stereocenters. The lowest BCUT2D eigenvalue weighted by Gasteiger charge is -2.29. The van der Waals surface area contributed by atoms with Crippen molar-refractivity contribution in [2.75, 3.05) is 25.4 Å². The second-order valence-electron chi connectivity index (χ2n) is 7.15. The molecule has 1 fully saturated rings. The molecule has 5 nitrogen and oxygen atoms in total. The highest BCUT2D eigenvalue weighted by Crippen LogP contribution is 2.18. The molecule has 0 aromatic rings. The van der Waals surface area contributed by atoms with Gasteiger partial charge in [0.15, 0.2) is 9.84 Å². The van der Waals surface area contributed by atoms with Gasteiger partial charge in [-0.1, -0.05) is 13.8 Å². The molecular formula is C15H30N2O3S. The van der Waals surface area contributed by atoms with Gasteiger partial charge in [0.1, 0.15) is 0 Å². The van der Waals surface area contributed by atoms with Crippen LogP contribution in [0, 0.1) is 5.92 Å². The number of hydrogen-bond donors (Lipinski definition) is 1. The molecule has 0 aromatic carbocycles. The van der Waals surface area contributed by atoms with Crippen LogP contribution in [0.25, 0.3) is 0 Å². The van der Waals surface area contributed by atoms with Crippen LogP contribution in [0.5, 0.6) is 0 Å². The highest BCUT2D eigenvalue weighted by atomic mass is 32.2. The lowest BCUT2D eigenvalue weighted by atomic mass is 10.0. The van der Waals surface area contributed by atoms with Crippen molar-refractivity contribution in [1.82, 2.24) is 10.2 Å². The zero-order valence-corrected chi connectivity index (χ0v) is 14.8. The Labute approximate surface area is 129 Å². The van der Waals surface area contributed by atoms with E-state index in [1.807, 2.05) is 13.8 Å². The first-order chi connectivity index (χ1) is 9.56. The Morgan fingerprint density at radius 3 is 2.14 bits per heavy atom. The number of sulfone groups is 1. The van der Waals surface area contributed by atoms with Crippen molar-refractivity contribution in [3.05, 3.63) is 0 Å². The van der Waals surface area contributed by atoms with Crippen LogP contribution < -0.4 is 5.32 Å². The van der Waals surface area contributed by atoms with E-state index in [1.54, 1.807) is 20.8 Å². The smallest absolute Gasteiger partial charge is 0.237 e. The Morgan fingerprint density at radius 2 is 1.71 bits per heavy atom. The summed E-state index contributed by atoms with van der Waals surface area (Å²) < 4.78 is 23.3. The van der Waals surface area contributed by atoms with Crippen molar-refractivity contribution >= 4 is 15.7 Å². The van der Waals surface area contributed by atoms with Gasteiger partial charge in [-0.25, -0.2) is 8.42 Å². The molecule has 0 aromatic heterocycles. The lowest BCUT2D eigenvalue weighted by molar-refractivity contribution is -0.127. The minimum absolute atomic E-state index is 0.00689. The Morgan fingerprint density at radius 1 is 1.19 bits per heavy atom. The van der Waals surface area contributed by atoms with Crippen molar-refractivity contribution in [3.63, 3.8) is 0 Å². The fourth-order valence-corrected chi connectivity index (χ4v) is 3.61. The summed E-state index contributed by atoms with van der Waals surface area (Å²) in [6.45, 7) is 11.2. The summed E-state index contributed by atoms with van der Waals surface area (Å²) in [5, 5.41) is 2.81. The average Bonchev–Trinajstić information content (AvgIpc) is 2.80. The van der Waals surface area contributed by atoms with E-state index in [1.165, 1.54) is 0 Å². The molecule has 1 aliphatic rings. The normalized spacial score (nSPS) is 19.0. The van der Waals surface area contributed by atoms with Crippen molar-refractivity contribution < 1.29 is 13.2 Å². The Kier molecular flexibility index (Phi) is 6.23. The molecule has 1 aliphatic heterocycles. The molecule has 0 radical (unpaired) electrons. The molecule has 1 heterocycles. The number of rotatable bonds is 6. The van der Waals surface area contributed by atoms with E-state index in [-0.39, 0.29) is 30.2 Å². The first-order valence-electron chi connectivity index (χ1n) is 7.80. The number of carbonyl (C=O) groups excluding carboxylic acids is 1. The Hall–Kier alpha value is -0.620. The highest BCUT2D eigenvalue weighted by molar-refractivity contribution is 7.92. The van der Waals surface area contributed by atoms with Crippen molar-refractivity contribution in [2.24, 2.45) is 5.92 Å². The van der Waals surface area contributed by atoms with Crippen LogP contribution in [0.2, 0.25) is 0 Å². The molecule has 0 spiro atoms.